The Morgan fingerprint density at radius 2 is 1.61 bits per heavy atom. The molecule has 2 amide bonds. The Bertz CT molecular complexity index is 1180. The molecule has 2 N–H and O–H groups in total. The van der Waals surface area contributed by atoms with Crippen molar-refractivity contribution in [3.8, 4) is 16.9 Å². The number of amides is 2. The molecule has 4 rings (SSSR count). The number of benzene rings is 2. The Hall–Kier alpha value is -3.71. The number of carbonyl (C=O) groups excluding carboxylic acids is 2. The van der Waals surface area contributed by atoms with Gasteiger partial charge in [-0.05, 0) is 24.3 Å². The summed E-state index contributed by atoms with van der Waals surface area (Å²) in [7, 11) is 0. The van der Waals surface area contributed by atoms with Crippen LogP contribution in [0.2, 0.25) is 0 Å². The molecule has 2 aromatic heterocycles. The van der Waals surface area contributed by atoms with Crippen LogP contribution in [0.5, 0.6) is 0 Å². The number of rotatable bonds is 7. The lowest BCUT2D eigenvalue weighted by atomic mass is 10.1. The lowest BCUT2D eigenvalue weighted by Gasteiger charge is -2.04. The first-order valence-corrected chi connectivity index (χ1v) is 10.7. The molecule has 2 aromatic carbocycles. The molecule has 7 heteroatoms. The van der Waals surface area contributed by atoms with Gasteiger partial charge in [-0.25, -0.2) is 4.68 Å². The van der Waals surface area contributed by atoms with Gasteiger partial charge in [-0.3, -0.25) is 9.59 Å². The Labute approximate surface area is 184 Å². The fourth-order valence-electron chi connectivity index (χ4n) is 3.16. The minimum atomic E-state index is -0.148. The van der Waals surface area contributed by atoms with Crippen molar-refractivity contribution < 1.29 is 9.59 Å². The molecular weight excluding hydrogens is 408 g/mol. The van der Waals surface area contributed by atoms with Crippen LogP contribution < -0.4 is 10.6 Å². The Balaban J connectivity index is 1.53. The molecule has 0 aliphatic rings. The molecule has 0 atom stereocenters. The highest BCUT2D eigenvalue weighted by atomic mass is 32.1. The van der Waals surface area contributed by atoms with Gasteiger partial charge in [-0.2, -0.15) is 5.10 Å². The maximum absolute atomic E-state index is 12.7. The second-order valence-electron chi connectivity index (χ2n) is 7.01. The highest BCUT2D eigenvalue weighted by Crippen LogP contribution is 2.24. The van der Waals surface area contributed by atoms with Gasteiger partial charge in [-0.15, -0.1) is 11.3 Å². The topological polar surface area (TPSA) is 76.0 Å². The number of nitrogens with zero attached hydrogens (tertiary/aromatic N) is 2. The van der Waals surface area contributed by atoms with E-state index in [-0.39, 0.29) is 11.8 Å². The van der Waals surface area contributed by atoms with Crippen LogP contribution in [-0.4, -0.2) is 21.6 Å². The van der Waals surface area contributed by atoms with Crippen LogP contribution in [0, 0.1) is 0 Å². The molecule has 0 spiro atoms. The summed E-state index contributed by atoms with van der Waals surface area (Å²) < 4.78 is 1.83. The van der Waals surface area contributed by atoms with Crippen LogP contribution in [0.25, 0.3) is 16.9 Å². The number of thiophene rings is 1. The molecule has 156 valence electrons. The minimum Gasteiger partial charge on any atom is -0.351 e. The molecule has 0 saturated carbocycles. The number of nitrogens with one attached hydrogen (secondary N) is 2. The average molecular weight is 431 g/mol. The second kappa shape index (κ2) is 9.40. The summed E-state index contributed by atoms with van der Waals surface area (Å²) in [6.07, 6.45) is 1.95. The zero-order chi connectivity index (χ0) is 21.6. The first-order valence-electron chi connectivity index (χ1n) is 9.91. The quantitative estimate of drug-likeness (QED) is 0.462. The zero-order valence-corrected chi connectivity index (χ0v) is 17.9. The summed E-state index contributed by atoms with van der Waals surface area (Å²) in [5.74, 6) is -0.242. The lowest BCUT2D eigenvalue weighted by Crippen LogP contribution is -2.22. The molecule has 0 aliphatic carbocycles. The van der Waals surface area contributed by atoms with Crippen molar-refractivity contribution in [3.05, 3.63) is 94.3 Å². The molecule has 0 aliphatic heterocycles. The van der Waals surface area contributed by atoms with Crippen molar-refractivity contribution >= 4 is 23.2 Å². The number of hydrogen-bond acceptors (Lipinski definition) is 4. The third kappa shape index (κ3) is 5.07. The van der Waals surface area contributed by atoms with Gasteiger partial charge < -0.3 is 10.6 Å². The van der Waals surface area contributed by atoms with Crippen LogP contribution >= 0.6 is 11.3 Å². The summed E-state index contributed by atoms with van der Waals surface area (Å²) in [6, 6.07) is 23.5. The van der Waals surface area contributed by atoms with E-state index in [2.05, 4.69) is 10.6 Å². The number of aromatic nitrogens is 2. The van der Waals surface area contributed by atoms with Gasteiger partial charge in [-0.1, -0.05) is 48.5 Å². The normalized spacial score (nSPS) is 10.6. The maximum Gasteiger partial charge on any atom is 0.261 e. The third-order valence-electron chi connectivity index (χ3n) is 4.69. The first-order chi connectivity index (χ1) is 15.1. The van der Waals surface area contributed by atoms with Crippen LogP contribution in [-0.2, 0) is 17.9 Å². The van der Waals surface area contributed by atoms with Crippen molar-refractivity contribution in [3.63, 3.8) is 0 Å². The molecule has 31 heavy (non-hydrogen) atoms. The summed E-state index contributed by atoms with van der Waals surface area (Å²) in [5, 5.41) is 10.5. The van der Waals surface area contributed by atoms with E-state index in [1.54, 1.807) is 6.07 Å². The van der Waals surface area contributed by atoms with Crippen molar-refractivity contribution in [2.75, 3.05) is 0 Å². The molecule has 0 fully saturated rings. The summed E-state index contributed by atoms with van der Waals surface area (Å²) in [6.45, 7) is 2.26. The summed E-state index contributed by atoms with van der Waals surface area (Å²) in [5.41, 5.74) is 3.72. The smallest absolute Gasteiger partial charge is 0.261 e. The van der Waals surface area contributed by atoms with Crippen LogP contribution in [0.1, 0.15) is 27.0 Å². The van der Waals surface area contributed by atoms with E-state index in [1.165, 1.54) is 18.3 Å². The highest BCUT2D eigenvalue weighted by Gasteiger charge is 2.15. The van der Waals surface area contributed by atoms with Crippen molar-refractivity contribution in [2.45, 2.75) is 20.0 Å². The molecular formula is C24H22N4O2S. The van der Waals surface area contributed by atoms with Crippen LogP contribution in [0.4, 0.5) is 0 Å². The fourth-order valence-corrected chi connectivity index (χ4v) is 4.02. The Morgan fingerprint density at radius 3 is 2.32 bits per heavy atom. The average Bonchev–Trinajstić information content (AvgIpc) is 3.45. The van der Waals surface area contributed by atoms with Gasteiger partial charge in [0, 0.05) is 35.7 Å². The predicted molar refractivity (Wildman–Crippen MR) is 122 cm³/mol. The van der Waals surface area contributed by atoms with E-state index in [0.717, 1.165) is 27.4 Å². The van der Waals surface area contributed by atoms with Gasteiger partial charge >= 0.3 is 0 Å². The van der Waals surface area contributed by atoms with E-state index in [9.17, 15) is 9.59 Å². The van der Waals surface area contributed by atoms with Gasteiger partial charge in [0.1, 0.15) is 0 Å². The minimum absolute atomic E-state index is 0.0942. The number of para-hydroxylation sites is 1. The van der Waals surface area contributed by atoms with Crippen molar-refractivity contribution in [1.29, 1.82) is 0 Å². The molecule has 0 unspecified atom stereocenters. The van der Waals surface area contributed by atoms with Crippen LogP contribution in [0.3, 0.4) is 0 Å². The Morgan fingerprint density at radius 1 is 0.903 bits per heavy atom. The predicted octanol–water partition coefficient (Wildman–Crippen LogP) is 4.17. The fraction of sp³-hybridized carbons (Fsp3) is 0.125. The van der Waals surface area contributed by atoms with E-state index < -0.39 is 0 Å². The lowest BCUT2D eigenvalue weighted by molar-refractivity contribution is -0.119. The molecule has 0 radical (unpaired) electrons. The number of hydrogen-bond donors (Lipinski definition) is 2. The van der Waals surface area contributed by atoms with Crippen LogP contribution in [0.15, 0.2) is 79.0 Å². The standard InChI is InChI=1S/C24H22N4O2S/c1-17(29)25-15-21-12-13-22(31-21)24(30)26-14-19-16-28(20-10-6-3-7-11-20)27-23(19)18-8-4-2-5-9-18/h2-13,16H,14-15H2,1H3,(H,25,29)(H,26,30). The Kier molecular flexibility index (Phi) is 6.24. The largest absolute Gasteiger partial charge is 0.351 e. The molecule has 6 nitrogen and oxygen atoms in total. The number of carbonyl (C=O) groups is 2. The molecule has 2 heterocycles. The van der Waals surface area contributed by atoms with E-state index in [0.29, 0.717) is 18.0 Å². The molecule has 4 aromatic rings. The first kappa shape index (κ1) is 20.6. The van der Waals surface area contributed by atoms with Gasteiger partial charge in [0.25, 0.3) is 5.91 Å². The monoisotopic (exact) mass is 430 g/mol. The van der Waals surface area contributed by atoms with Gasteiger partial charge in [0.15, 0.2) is 0 Å². The second-order valence-corrected chi connectivity index (χ2v) is 8.18. The summed E-state index contributed by atoms with van der Waals surface area (Å²) >= 11 is 1.37. The van der Waals surface area contributed by atoms with Gasteiger partial charge in [0.2, 0.25) is 5.91 Å². The molecule has 0 saturated heterocycles. The zero-order valence-electron chi connectivity index (χ0n) is 17.0. The van der Waals surface area contributed by atoms with E-state index in [4.69, 9.17) is 5.10 Å². The van der Waals surface area contributed by atoms with E-state index in [1.807, 2.05) is 77.6 Å². The summed E-state index contributed by atoms with van der Waals surface area (Å²) in [4.78, 5) is 25.3. The third-order valence-corrected chi connectivity index (χ3v) is 5.78. The van der Waals surface area contributed by atoms with Gasteiger partial charge in [0.05, 0.1) is 22.8 Å². The van der Waals surface area contributed by atoms with E-state index >= 15 is 0 Å². The molecule has 0 bridgehead atoms. The van der Waals surface area contributed by atoms with Crippen molar-refractivity contribution in [1.82, 2.24) is 20.4 Å². The SMILES string of the molecule is CC(=O)NCc1ccc(C(=O)NCc2cn(-c3ccccc3)nc2-c2ccccc2)s1. The highest BCUT2D eigenvalue weighted by molar-refractivity contribution is 7.14. The maximum atomic E-state index is 12.7. The van der Waals surface area contributed by atoms with Crippen molar-refractivity contribution in [2.24, 2.45) is 0 Å².